The third-order valence-corrected chi connectivity index (χ3v) is 6.84. The monoisotopic (exact) mass is 526 g/mol. The molecule has 2 aromatic carbocycles. The lowest BCUT2D eigenvalue weighted by Gasteiger charge is -2.32. The number of furan rings is 1. The van der Waals surface area contributed by atoms with Crippen molar-refractivity contribution in [1.82, 2.24) is 30.1 Å². The van der Waals surface area contributed by atoms with Crippen molar-refractivity contribution < 1.29 is 9.15 Å². The Bertz CT molecular complexity index is 1610. The number of hydrogen-bond donors (Lipinski definition) is 1. The van der Waals surface area contributed by atoms with Crippen LogP contribution in [0.15, 0.2) is 76.1 Å². The van der Waals surface area contributed by atoms with Crippen LogP contribution in [0.5, 0.6) is 5.75 Å². The first kappa shape index (κ1) is 26.4. The number of nitrogens with zero attached hydrogens (tertiary/aromatic N) is 5. The SMILES string of the molecule is CCc1ccc2[nH]c(=O)c(C(c3nnnn3C(C)(C)C)N(Cc3cccc(OC)c3)Cc3ccco3)cc2c1. The number of methoxy groups -OCH3 is 1. The molecule has 1 unspecified atom stereocenters. The van der Waals surface area contributed by atoms with E-state index < -0.39 is 11.6 Å². The van der Waals surface area contributed by atoms with Crippen LogP contribution >= 0.6 is 0 Å². The third-order valence-electron chi connectivity index (χ3n) is 6.84. The van der Waals surface area contributed by atoms with Crippen molar-refractivity contribution >= 4 is 10.9 Å². The second-order valence-corrected chi connectivity index (χ2v) is 10.7. The molecule has 1 N–H and O–H groups in total. The van der Waals surface area contributed by atoms with Crippen LogP contribution in [0.3, 0.4) is 0 Å². The van der Waals surface area contributed by atoms with Crippen LogP contribution in [0.2, 0.25) is 0 Å². The molecule has 5 rings (SSSR count). The molecular formula is C30H34N6O3. The number of benzene rings is 2. The molecule has 3 heterocycles. The Morgan fingerprint density at radius 3 is 2.62 bits per heavy atom. The van der Waals surface area contributed by atoms with Gasteiger partial charge in [0.1, 0.15) is 17.6 Å². The van der Waals surface area contributed by atoms with Crippen molar-refractivity contribution in [2.75, 3.05) is 7.11 Å². The number of H-pyrrole nitrogens is 1. The van der Waals surface area contributed by atoms with Gasteiger partial charge in [-0.1, -0.05) is 25.1 Å². The molecule has 39 heavy (non-hydrogen) atoms. The number of fused-ring (bicyclic) bond motifs is 1. The minimum atomic E-state index is -0.575. The Hall–Kier alpha value is -4.24. The lowest BCUT2D eigenvalue weighted by Crippen LogP contribution is -2.37. The van der Waals surface area contributed by atoms with E-state index in [-0.39, 0.29) is 5.56 Å². The first-order valence-corrected chi connectivity index (χ1v) is 13.1. The van der Waals surface area contributed by atoms with E-state index in [1.807, 2.05) is 75.4 Å². The zero-order chi connectivity index (χ0) is 27.6. The highest BCUT2D eigenvalue weighted by atomic mass is 16.5. The fraction of sp³-hybridized carbons (Fsp3) is 0.333. The average molecular weight is 527 g/mol. The van der Waals surface area contributed by atoms with Crippen molar-refractivity contribution in [1.29, 1.82) is 0 Å². The molecule has 1 atom stereocenters. The number of tetrazole rings is 1. The molecule has 0 radical (unpaired) electrons. The number of hydrogen-bond acceptors (Lipinski definition) is 7. The molecule has 0 saturated heterocycles. The van der Waals surface area contributed by atoms with Crippen LogP contribution < -0.4 is 10.3 Å². The molecule has 0 aliphatic rings. The summed E-state index contributed by atoms with van der Waals surface area (Å²) >= 11 is 0. The van der Waals surface area contributed by atoms with Crippen LogP contribution in [0.25, 0.3) is 10.9 Å². The number of aromatic amines is 1. The molecule has 0 amide bonds. The first-order chi connectivity index (χ1) is 18.8. The molecule has 0 bridgehead atoms. The van der Waals surface area contributed by atoms with E-state index in [1.54, 1.807) is 18.1 Å². The summed E-state index contributed by atoms with van der Waals surface area (Å²) in [6, 6.07) is 19.2. The maximum absolute atomic E-state index is 13.7. The van der Waals surface area contributed by atoms with Gasteiger partial charge < -0.3 is 14.1 Å². The quantitative estimate of drug-likeness (QED) is 0.281. The van der Waals surface area contributed by atoms with Gasteiger partial charge in [-0.2, -0.15) is 0 Å². The number of ether oxygens (including phenoxy) is 1. The summed E-state index contributed by atoms with van der Waals surface area (Å²) in [5.41, 5.74) is 2.97. The van der Waals surface area contributed by atoms with Gasteiger partial charge >= 0.3 is 0 Å². The number of rotatable bonds is 9. The van der Waals surface area contributed by atoms with Gasteiger partial charge in [-0.3, -0.25) is 9.69 Å². The van der Waals surface area contributed by atoms with Gasteiger partial charge in [-0.15, -0.1) is 5.10 Å². The lowest BCUT2D eigenvalue weighted by atomic mass is 9.99. The molecular weight excluding hydrogens is 492 g/mol. The summed E-state index contributed by atoms with van der Waals surface area (Å²) in [7, 11) is 1.65. The molecule has 0 aliphatic carbocycles. The highest BCUT2D eigenvalue weighted by Crippen LogP contribution is 2.32. The van der Waals surface area contributed by atoms with E-state index in [4.69, 9.17) is 9.15 Å². The van der Waals surface area contributed by atoms with Gasteiger partial charge in [-0.05, 0) is 96.6 Å². The van der Waals surface area contributed by atoms with Crippen LogP contribution in [0.1, 0.15) is 62.0 Å². The average Bonchev–Trinajstić information content (AvgIpc) is 3.61. The highest BCUT2D eigenvalue weighted by molar-refractivity contribution is 5.80. The predicted molar refractivity (Wildman–Crippen MR) is 150 cm³/mol. The Morgan fingerprint density at radius 1 is 1.05 bits per heavy atom. The smallest absolute Gasteiger partial charge is 0.253 e. The van der Waals surface area contributed by atoms with Crippen LogP contribution in [-0.2, 0) is 25.0 Å². The summed E-state index contributed by atoms with van der Waals surface area (Å²) in [5.74, 6) is 2.11. The molecule has 5 aromatic rings. The molecule has 0 fully saturated rings. The molecule has 202 valence electrons. The molecule has 0 saturated carbocycles. The van der Waals surface area contributed by atoms with E-state index in [2.05, 4.69) is 38.4 Å². The number of nitrogens with one attached hydrogen (secondary N) is 1. The van der Waals surface area contributed by atoms with Crippen LogP contribution in [-0.4, -0.2) is 37.2 Å². The second kappa shape index (κ2) is 10.9. The topological polar surface area (TPSA) is 102 Å². The van der Waals surface area contributed by atoms with Crippen molar-refractivity contribution in [3.63, 3.8) is 0 Å². The van der Waals surface area contributed by atoms with E-state index in [9.17, 15) is 4.79 Å². The maximum Gasteiger partial charge on any atom is 0.253 e. The Balaban J connectivity index is 1.73. The Kier molecular flexibility index (Phi) is 7.34. The summed E-state index contributed by atoms with van der Waals surface area (Å²) in [5, 5.41) is 13.8. The van der Waals surface area contributed by atoms with Crippen molar-refractivity contribution in [2.45, 2.75) is 58.8 Å². The van der Waals surface area contributed by atoms with E-state index in [0.717, 1.165) is 34.4 Å². The first-order valence-electron chi connectivity index (χ1n) is 13.1. The summed E-state index contributed by atoms with van der Waals surface area (Å²) in [6.45, 7) is 9.17. The van der Waals surface area contributed by atoms with Crippen LogP contribution in [0, 0.1) is 0 Å². The standard InChI is InChI=1S/C30H34N6O3/c1-6-20-12-13-26-22(15-20)17-25(29(37)31-26)27(28-32-33-34-36(28)30(2,3)4)35(19-24-11-8-14-39-24)18-21-9-7-10-23(16-21)38-5/h7-17,27H,6,18-19H2,1-5H3,(H,31,37). The van der Waals surface area contributed by atoms with Crippen LogP contribution in [0.4, 0.5) is 0 Å². The largest absolute Gasteiger partial charge is 0.497 e. The number of pyridine rings is 1. The Labute approximate surface area is 227 Å². The fourth-order valence-electron chi connectivity index (χ4n) is 4.88. The Morgan fingerprint density at radius 2 is 1.90 bits per heavy atom. The summed E-state index contributed by atoms with van der Waals surface area (Å²) < 4.78 is 13.0. The van der Waals surface area contributed by atoms with Gasteiger partial charge in [0, 0.05) is 17.6 Å². The van der Waals surface area contributed by atoms with E-state index in [1.165, 1.54) is 5.56 Å². The van der Waals surface area contributed by atoms with Gasteiger partial charge in [0.25, 0.3) is 5.56 Å². The normalized spacial score (nSPS) is 12.8. The van der Waals surface area contributed by atoms with E-state index >= 15 is 0 Å². The summed E-state index contributed by atoms with van der Waals surface area (Å²) in [6.07, 6.45) is 2.55. The van der Waals surface area contributed by atoms with Gasteiger partial charge in [0.15, 0.2) is 5.82 Å². The van der Waals surface area contributed by atoms with Gasteiger partial charge in [0.2, 0.25) is 0 Å². The predicted octanol–water partition coefficient (Wildman–Crippen LogP) is 5.23. The third kappa shape index (κ3) is 5.63. The number of aryl methyl sites for hydroxylation is 1. The lowest BCUT2D eigenvalue weighted by molar-refractivity contribution is 0.171. The van der Waals surface area contributed by atoms with Crippen molar-refractivity contribution in [3.8, 4) is 5.75 Å². The zero-order valence-electron chi connectivity index (χ0n) is 23.0. The molecule has 0 aliphatic heterocycles. The highest BCUT2D eigenvalue weighted by Gasteiger charge is 2.34. The van der Waals surface area contributed by atoms with Gasteiger partial charge in [0.05, 0.1) is 25.5 Å². The summed E-state index contributed by atoms with van der Waals surface area (Å²) in [4.78, 5) is 19.0. The molecule has 9 nitrogen and oxygen atoms in total. The van der Waals surface area contributed by atoms with Crippen molar-refractivity contribution in [3.05, 3.63) is 106 Å². The number of aromatic nitrogens is 5. The minimum Gasteiger partial charge on any atom is -0.497 e. The minimum absolute atomic E-state index is 0.185. The van der Waals surface area contributed by atoms with Gasteiger partial charge in [-0.25, -0.2) is 4.68 Å². The zero-order valence-corrected chi connectivity index (χ0v) is 23.0. The molecule has 3 aromatic heterocycles. The fourth-order valence-corrected chi connectivity index (χ4v) is 4.88. The molecule has 0 spiro atoms. The second-order valence-electron chi connectivity index (χ2n) is 10.7. The van der Waals surface area contributed by atoms with Crippen molar-refractivity contribution in [2.24, 2.45) is 0 Å². The van der Waals surface area contributed by atoms with E-state index in [0.29, 0.717) is 24.5 Å². The molecule has 9 heteroatoms. The maximum atomic E-state index is 13.7.